The van der Waals surface area contributed by atoms with Gasteiger partial charge in [-0.3, -0.25) is 0 Å². The number of benzene rings is 1. The van der Waals surface area contributed by atoms with E-state index >= 15 is 0 Å². The molecular formula is C12H18N5OS+. The summed E-state index contributed by atoms with van der Waals surface area (Å²) in [7, 11) is 4.18. The predicted molar refractivity (Wildman–Crippen MR) is 80.8 cm³/mol. The Balaban J connectivity index is 1.96. The second kappa shape index (κ2) is 5.85. The number of H-pyrrole nitrogens is 2. The smallest absolute Gasteiger partial charge is 0.323 e. The van der Waals surface area contributed by atoms with E-state index in [1.165, 1.54) is 4.90 Å². The van der Waals surface area contributed by atoms with Gasteiger partial charge in [0.1, 0.15) is 0 Å². The van der Waals surface area contributed by atoms with Gasteiger partial charge in [0.05, 0.1) is 38.2 Å². The highest BCUT2D eigenvalue weighted by Gasteiger charge is 2.02. The van der Waals surface area contributed by atoms with E-state index in [1.54, 1.807) is 0 Å². The van der Waals surface area contributed by atoms with Gasteiger partial charge in [-0.15, -0.1) is 0 Å². The van der Waals surface area contributed by atoms with Crippen LogP contribution in [0, 0.1) is 0 Å². The minimum absolute atomic E-state index is 0.207. The summed E-state index contributed by atoms with van der Waals surface area (Å²) in [6.07, 6.45) is 0. The zero-order chi connectivity index (χ0) is 13.8. The molecule has 0 aliphatic rings. The Morgan fingerprint density at radius 1 is 1.32 bits per heavy atom. The van der Waals surface area contributed by atoms with E-state index in [4.69, 9.17) is 12.2 Å². The number of aromatic nitrogens is 2. The summed E-state index contributed by atoms with van der Waals surface area (Å²) < 4.78 is 0. The van der Waals surface area contributed by atoms with E-state index in [1.807, 2.05) is 18.2 Å². The molecule has 0 saturated heterocycles. The lowest BCUT2D eigenvalue weighted by Gasteiger charge is -2.12. The average molecular weight is 280 g/mol. The number of thiocarbonyl (C=S) groups is 1. The number of aromatic amines is 2. The molecule has 6 nitrogen and oxygen atoms in total. The number of hydrogen-bond acceptors (Lipinski definition) is 2. The first-order chi connectivity index (χ1) is 9.04. The zero-order valence-electron chi connectivity index (χ0n) is 11.0. The predicted octanol–water partition coefficient (Wildman–Crippen LogP) is -0.713. The highest BCUT2D eigenvalue weighted by atomic mass is 32.1. The van der Waals surface area contributed by atoms with Crippen LogP contribution in [0.2, 0.25) is 0 Å². The SMILES string of the molecule is C[NH+](C)CCNC(=S)Nc1ccc2[nH]c(=O)[nH]c2c1. The van der Waals surface area contributed by atoms with E-state index in [0.717, 1.165) is 29.8 Å². The zero-order valence-corrected chi connectivity index (χ0v) is 11.8. The Kier molecular flexibility index (Phi) is 4.18. The summed E-state index contributed by atoms with van der Waals surface area (Å²) in [5.41, 5.74) is 2.18. The van der Waals surface area contributed by atoms with Crippen LogP contribution in [0.15, 0.2) is 23.0 Å². The van der Waals surface area contributed by atoms with Crippen molar-refractivity contribution in [1.29, 1.82) is 0 Å². The van der Waals surface area contributed by atoms with Crippen molar-refractivity contribution in [2.24, 2.45) is 0 Å². The van der Waals surface area contributed by atoms with Crippen molar-refractivity contribution >= 4 is 34.1 Å². The van der Waals surface area contributed by atoms with Crippen molar-refractivity contribution in [3.63, 3.8) is 0 Å². The van der Waals surface area contributed by atoms with Crippen molar-refractivity contribution in [1.82, 2.24) is 15.3 Å². The molecule has 0 atom stereocenters. The molecule has 0 radical (unpaired) electrons. The largest absolute Gasteiger partial charge is 0.357 e. The van der Waals surface area contributed by atoms with Crippen LogP contribution in [0.4, 0.5) is 5.69 Å². The minimum atomic E-state index is -0.207. The maximum atomic E-state index is 11.2. The quantitative estimate of drug-likeness (QED) is 0.480. The summed E-state index contributed by atoms with van der Waals surface area (Å²) in [6.45, 7) is 1.81. The summed E-state index contributed by atoms with van der Waals surface area (Å²) in [5.74, 6) is 0. The molecule has 5 N–H and O–H groups in total. The number of hydrogen-bond donors (Lipinski definition) is 5. The molecule has 0 fully saturated rings. The third-order valence-electron chi connectivity index (χ3n) is 2.68. The second-order valence-corrected chi connectivity index (χ2v) is 5.09. The fraction of sp³-hybridized carbons (Fsp3) is 0.333. The Bertz CT molecular complexity index is 630. The Hall–Kier alpha value is -1.86. The van der Waals surface area contributed by atoms with Gasteiger partial charge in [-0.2, -0.15) is 0 Å². The van der Waals surface area contributed by atoms with Crippen LogP contribution in [0.1, 0.15) is 0 Å². The van der Waals surface area contributed by atoms with Gasteiger partial charge in [0.2, 0.25) is 0 Å². The summed E-state index contributed by atoms with van der Waals surface area (Å²) >= 11 is 5.20. The first kappa shape index (κ1) is 13.6. The molecule has 0 spiro atoms. The first-order valence-electron chi connectivity index (χ1n) is 6.10. The van der Waals surface area contributed by atoms with E-state index in [2.05, 4.69) is 34.7 Å². The molecule has 0 amide bonds. The number of quaternary nitrogens is 1. The fourth-order valence-corrected chi connectivity index (χ4v) is 1.93. The van der Waals surface area contributed by atoms with Crippen LogP contribution in [-0.4, -0.2) is 42.3 Å². The van der Waals surface area contributed by atoms with Crippen LogP contribution in [-0.2, 0) is 0 Å². The van der Waals surface area contributed by atoms with E-state index < -0.39 is 0 Å². The van der Waals surface area contributed by atoms with Crippen LogP contribution in [0.25, 0.3) is 11.0 Å². The van der Waals surface area contributed by atoms with E-state index in [0.29, 0.717) is 5.11 Å². The van der Waals surface area contributed by atoms with Crippen LogP contribution in [0.5, 0.6) is 0 Å². The molecule has 0 saturated carbocycles. The summed E-state index contributed by atoms with van der Waals surface area (Å²) in [5, 5.41) is 6.81. The fourth-order valence-electron chi connectivity index (χ4n) is 1.71. The van der Waals surface area contributed by atoms with Gasteiger partial charge in [-0.1, -0.05) is 0 Å². The number of imidazole rings is 1. The van der Waals surface area contributed by atoms with Gasteiger partial charge in [0, 0.05) is 5.69 Å². The van der Waals surface area contributed by atoms with Gasteiger partial charge >= 0.3 is 5.69 Å². The normalized spacial score (nSPS) is 10.9. The first-order valence-corrected chi connectivity index (χ1v) is 6.51. The molecule has 1 aromatic carbocycles. The maximum Gasteiger partial charge on any atom is 0.323 e. The molecule has 19 heavy (non-hydrogen) atoms. The number of rotatable bonds is 4. The molecule has 7 heteroatoms. The molecule has 1 heterocycles. The lowest BCUT2D eigenvalue weighted by molar-refractivity contribution is -0.856. The van der Waals surface area contributed by atoms with Gasteiger partial charge in [0.15, 0.2) is 5.11 Å². The number of anilines is 1. The van der Waals surface area contributed by atoms with Gasteiger partial charge in [0.25, 0.3) is 0 Å². The van der Waals surface area contributed by atoms with E-state index in [-0.39, 0.29) is 5.69 Å². The van der Waals surface area contributed by atoms with Crippen molar-refractivity contribution in [3.8, 4) is 0 Å². The lowest BCUT2D eigenvalue weighted by Crippen LogP contribution is -3.06. The molecule has 0 unspecified atom stereocenters. The van der Waals surface area contributed by atoms with Crippen molar-refractivity contribution in [2.75, 3.05) is 32.5 Å². The van der Waals surface area contributed by atoms with Crippen molar-refractivity contribution < 1.29 is 4.90 Å². The maximum absolute atomic E-state index is 11.2. The standard InChI is InChI=1S/C12H17N5OS/c1-17(2)6-5-13-12(19)14-8-3-4-9-10(7-8)16-11(18)15-9/h3-4,7H,5-6H2,1-2H3,(H2,13,14,19)(H2,15,16,18)/p+1. The molecule has 2 rings (SSSR count). The third kappa shape index (κ3) is 3.80. The molecule has 0 bridgehead atoms. The number of nitrogens with one attached hydrogen (secondary N) is 5. The Labute approximate surface area is 116 Å². The van der Waals surface area contributed by atoms with E-state index in [9.17, 15) is 4.79 Å². The second-order valence-electron chi connectivity index (χ2n) is 4.68. The summed E-state index contributed by atoms with van der Waals surface area (Å²) in [6, 6.07) is 5.55. The highest BCUT2D eigenvalue weighted by Crippen LogP contribution is 2.14. The lowest BCUT2D eigenvalue weighted by atomic mass is 10.3. The van der Waals surface area contributed by atoms with Crippen LogP contribution < -0.4 is 21.2 Å². The van der Waals surface area contributed by atoms with Gasteiger partial charge in [-0.05, 0) is 30.4 Å². The number of fused-ring (bicyclic) bond motifs is 1. The van der Waals surface area contributed by atoms with Crippen LogP contribution in [0.3, 0.4) is 0 Å². The van der Waals surface area contributed by atoms with Gasteiger partial charge < -0.3 is 25.5 Å². The number of likely N-dealkylation sites (N-methyl/N-ethyl adjacent to an activating group) is 1. The Morgan fingerprint density at radius 2 is 2.05 bits per heavy atom. The average Bonchev–Trinajstić information content (AvgIpc) is 2.67. The monoisotopic (exact) mass is 280 g/mol. The Morgan fingerprint density at radius 3 is 2.79 bits per heavy atom. The topological polar surface area (TPSA) is 77.2 Å². The molecular weight excluding hydrogens is 262 g/mol. The third-order valence-corrected chi connectivity index (χ3v) is 2.93. The summed E-state index contributed by atoms with van der Waals surface area (Å²) in [4.78, 5) is 17.9. The molecule has 0 aliphatic heterocycles. The highest BCUT2D eigenvalue weighted by molar-refractivity contribution is 7.80. The van der Waals surface area contributed by atoms with Gasteiger partial charge in [-0.25, -0.2) is 4.79 Å². The van der Waals surface area contributed by atoms with Crippen molar-refractivity contribution in [2.45, 2.75) is 0 Å². The molecule has 102 valence electrons. The molecule has 1 aromatic heterocycles. The van der Waals surface area contributed by atoms with Crippen molar-refractivity contribution in [3.05, 3.63) is 28.7 Å². The van der Waals surface area contributed by atoms with Crippen LogP contribution >= 0.6 is 12.2 Å². The molecule has 2 aromatic rings. The minimum Gasteiger partial charge on any atom is -0.357 e. The molecule has 0 aliphatic carbocycles.